The number of benzene rings is 2. The lowest BCUT2D eigenvalue weighted by Crippen LogP contribution is -2.13. The lowest BCUT2D eigenvalue weighted by molar-refractivity contribution is 0.458. The molecule has 0 aliphatic rings. The van der Waals surface area contributed by atoms with Crippen LogP contribution in [0.5, 0.6) is 0 Å². The van der Waals surface area contributed by atoms with Gasteiger partial charge in [-0.25, -0.2) is 8.42 Å². The van der Waals surface area contributed by atoms with Crippen molar-refractivity contribution in [3.8, 4) is 11.5 Å². The number of hydrogen-bond acceptors (Lipinski definition) is 6. The number of para-hydroxylation sites is 1. The molecule has 0 aliphatic heterocycles. The molecule has 2 aromatic heterocycles. The van der Waals surface area contributed by atoms with Crippen LogP contribution in [0.3, 0.4) is 0 Å². The van der Waals surface area contributed by atoms with Gasteiger partial charge >= 0.3 is 0 Å². The number of nitrogens with zero attached hydrogens (tertiary/aromatic N) is 2. The fraction of sp³-hybridized carbons (Fsp3) is 0.158. The molecule has 4 N–H and O–H groups in total. The van der Waals surface area contributed by atoms with E-state index in [1.54, 1.807) is 24.3 Å². The van der Waals surface area contributed by atoms with Gasteiger partial charge in [-0.05, 0) is 42.3 Å². The molecule has 0 amide bonds. The minimum absolute atomic E-state index is 0.329. The van der Waals surface area contributed by atoms with E-state index < -0.39 is 16.1 Å². The summed E-state index contributed by atoms with van der Waals surface area (Å²) >= 11 is 0. The highest BCUT2D eigenvalue weighted by atomic mass is 32.2. The molecule has 0 saturated carbocycles. The summed E-state index contributed by atoms with van der Waals surface area (Å²) in [4.78, 5) is 3.23. The Hall–Kier alpha value is -3.17. The van der Waals surface area contributed by atoms with Gasteiger partial charge < -0.3 is 15.1 Å². The number of aromatic amines is 1. The quantitative estimate of drug-likeness (QED) is 0.459. The molecule has 0 saturated heterocycles. The Morgan fingerprint density at radius 3 is 2.64 bits per heavy atom. The van der Waals surface area contributed by atoms with E-state index in [-0.39, 0.29) is 0 Å². The molecule has 28 heavy (non-hydrogen) atoms. The van der Waals surface area contributed by atoms with Crippen LogP contribution in [-0.4, -0.2) is 29.9 Å². The van der Waals surface area contributed by atoms with Crippen molar-refractivity contribution in [1.29, 1.82) is 0 Å². The maximum absolute atomic E-state index is 11.3. The summed E-state index contributed by atoms with van der Waals surface area (Å²) in [6, 6.07) is 14.2. The van der Waals surface area contributed by atoms with Crippen LogP contribution < -0.4 is 10.5 Å². The molecule has 0 bridgehead atoms. The SMILES string of the molecule is CS(=O)(=O)Nc1ccc(-c2nnc(C(N)Cc3c[nH]c4ccccc34)o2)cc1. The van der Waals surface area contributed by atoms with Gasteiger partial charge in [-0.2, -0.15) is 0 Å². The van der Waals surface area contributed by atoms with Crippen LogP contribution in [0.2, 0.25) is 0 Å². The van der Waals surface area contributed by atoms with Gasteiger partial charge in [-0.1, -0.05) is 18.2 Å². The number of aromatic nitrogens is 3. The highest BCUT2D eigenvalue weighted by Crippen LogP contribution is 2.25. The maximum Gasteiger partial charge on any atom is 0.247 e. The van der Waals surface area contributed by atoms with Gasteiger partial charge in [0.15, 0.2) is 0 Å². The molecule has 0 spiro atoms. The van der Waals surface area contributed by atoms with E-state index in [1.807, 2.05) is 30.5 Å². The summed E-state index contributed by atoms with van der Waals surface area (Å²) in [7, 11) is -3.32. The molecule has 0 radical (unpaired) electrons. The molecule has 4 rings (SSSR count). The monoisotopic (exact) mass is 397 g/mol. The number of hydrogen-bond donors (Lipinski definition) is 3. The fourth-order valence-electron chi connectivity index (χ4n) is 3.02. The van der Waals surface area contributed by atoms with Crippen molar-refractivity contribution in [2.24, 2.45) is 5.73 Å². The molecule has 144 valence electrons. The van der Waals surface area contributed by atoms with Crippen LogP contribution >= 0.6 is 0 Å². The number of fused-ring (bicyclic) bond motifs is 1. The first kappa shape index (κ1) is 18.2. The first-order valence-electron chi connectivity index (χ1n) is 8.61. The normalized spacial score (nSPS) is 12.9. The summed E-state index contributed by atoms with van der Waals surface area (Å²) in [6.07, 6.45) is 3.60. The Labute approximate surface area is 161 Å². The highest BCUT2D eigenvalue weighted by Gasteiger charge is 2.18. The zero-order valence-electron chi connectivity index (χ0n) is 15.1. The summed E-state index contributed by atoms with van der Waals surface area (Å²) in [5.74, 6) is 0.675. The molecule has 1 unspecified atom stereocenters. The Kier molecular flexibility index (Phi) is 4.62. The second-order valence-corrected chi connectivity index (χ2v) is 8.32. The average molecular weight is 397 g/mol. The minimum Gasteiger partial charge on any atom is -0.419 e. The van der Waals surface area contributed by atoms with Crippen molar-refractivity contribution >= 4 is 26.6 Å². The zero-order valence-corrected chi connectivity index (χ0v) is 15.9. The van der Waals surface area contributed by atoms with E-state index in [4.69, 9.17) is 10.2 Å². The first-order chi connectivity index (χ1) is 13.4. The van der Waals surface area contributed by atoms with Crippen molar-refractivity contribution in [1.82, 2.24) is 15.2 Å². The number of nitrogens with one attached hydrogen (secondary N) is 2. The largest absolute Gasteiger partial charge is 0.419 e. The predicted octanol–water partition coefficient (Wildman–Crippen LogP) is 2.83. The number of rotatable bonds is 6. The van der Waals surface area contributed by atoms with Gasteiger partial charge in [0.1, 0.15) is 0 Å². The molecular formula is C19H19N5O3S. The van der Waals surface area contributed by atoms with Crippen LogP contribution in [0.25, 0.3) is 22.4 Å². The third-order valence-electron chi connectivity index (χ3n) is 4.31. The number of nitrogens with two attached hydrogens (primary N) is 1. The topological polar surface area (TPSA) is 127 Å². The zero-order chi connectivity index (χ0) is 19.7. The molecule has 4 aromatic rings. The van der Waals surface area contributed by atoms with E-state index in [0.29, 0.717) is 29.5 Å². The van der Waals surface area contributed by atoms with Crippen molar-refractivity contribution in [2.75, 3.05) is 11.0 Å². The molecule has 0 aliphatic carbocycles. The van der Waals surface area contributed by atoms with Crippen LogP contribution in [0.15, 0.2) is 59.1 Å². The van der Waals surface area contributed by atoms with Gasteiger partial charge in [0, 0.05) is 28.4 Å². The third kappa shape index (κ3) is 3.90. The Bertz CT molecular complexity index is 1210. The van der Waals surface area contributed by atoms with E-state index in [2.05, 4.69) is 19.9 Å². The second kappa shape index (κ2) is 7.10. The van der Waals surface area contributed by atoms with Crippen molar-refractivity contribution in [3.63, 3.8) is 0 Å². The highest BCUT2D eigenvalue weighted by molar-refractivity contribution is 7.92. The van der Waals surface area contributed by atoms with E-state index in [0.717, 1.165) is 22.7 Å². The molecule has 2 aromatic carbocycles. The fourth-order valence-corrected chi connectivity index (χ4v) is 3.58. The van der Waals surface area contributed by atoms with Gasteiger partial charge in [-0.3, -0.25) is 4.72 Å². The Morgan fingerprint density at radius 2 is 1.89 bits per heavy atom. The molecule has 1 atom stereocenters. The smallest absolute Gasteiger partial charge is 0.247 e. The van der Waals surface area contributed by atoms with Gasteiger partial charge in [0.25, 0.3) is 0 Å². The average Bonchev–Trinajstić information content (AvgIpc) is 3.29. The Balaban J connectivity index is 1.50. The van der Waals surface area contributed by atoms with Gasteiger partial charge in [0.05, 0.1) is 12.3 Å². The van der Waals surface area contributed by atoms with E-state index in [1.165, 1.54) is 0 Å². The number of anilines is 1. The van der Waals surface area contributed by atoms with Crippen molar-refractivity contribution in [2.45, 2.75) is 12.5 Å². The number of sulfonamides is 1. The minimum atomic E-state index is -3.32. The lowest BCUT2D eigenvalue weighted by atomic mass is 10.1. The number of H-pyrrole nitrogens is 1. The van der Waals surface area contributed by atoms with Crippen LogP contribution in [0, 0.1) is 0 Å². The lowest BCUT2D eigenvalue weighted by Gasteiger charge is -2.06. The van der Waals surface area contributed by atoms with Crippen LogP contribution in [0.4, 0.5) is 5.69 Å². The van der Waals surface area contributed by atoms with Gasteiger partial charge in [-0.15, -0.1) is 10.2 Å². The maximum atomic E-state index is 11.3. The second-order valence-electron chi connectivity index (χ2n) is 6.57. The van der Waals surface area contributed by atoms with E-state index >= 15 is 0 Å². The summed E-state index contributed by atoms with van der Waals surface area (Å²) < 4.78 is 30.7. The molecule has 2 heterocycles. The van der Waals surface area contributed by atoms with Crippen molar-refractivity contribution < 1.29 is 12.8 Å². The Morgan fingerprint density at radius 1 is 1.14 bits per heavy atom. The summed E-state index contributed by atoms with van der Waals surface area (Å²) in [5, 5.41) is 9.25. The first-order valence-corrected chi connectivity index (χ1v) is 10.5. The molecule has 9 heteroatoms. The summed E-state index contributed by atoms with van der Waals surface area (Å²) in [5.41, 5.74) is 9.55. The summed E-state index contributed by atoms with van der Waals surface area (Å²) in [6.45, 7) is 0. The van der Waals surface area contributed by atoms with Crippen LogP contribution in [-0.2, 0) is 16.4 Å². The molecule has 0 fully saturated rings. The van der Waals surface area contributed by atoms with Gasteiger partial charge in [0.2, 0.25) is 21.8 Å². The predicted molar refractivity (Wildman–Crippen MR) is 107 cm³/mol. The third-order valence-corrected chi connectivity index (χ3v) is 4.91. The van der Waals surface area contributed by atoms with Crippen molar-refractivity contribution in [3.05, 3.63) is 66.2 Å². The standard InChI is InChI=1S/C19H19N5O3S/c1-28(25,26)24-14-8-6-12(7-9-14)18-22-23-19(27-18)16(20)10-13-11-21-17-5-3-2-4-15(13)17/h2-9,11,16,21,24H,10,20H2,1H3. The molecule has 8 nitrogen and oxygen atoms in total. The van der Waals surface area contributed by atoms with Crippen LogP contribution in [0.1, 0.15) is 17.5 Å². The van der Waals surface area contributed by atoms with E-state index in [9.17, 15) is 8.42 Å². The molecular weight excluding hydrogens is 378 g/mol.